The lowest BCUT2D eigenvalue weighted by atomic mass is 10.0. The van der Waals surface area contributed by atoms with E-state index in [2.05, 4.69) is 27.7 Å². The van der Waals surface area contributed by atoms with Crippen molar-refractivity contribution in [2.45, 2.75) is 213 Å². The summed E-state index contributed by atoms with van der Waals surface area (Å²) in [4.78, 5) is 0. The molecule has 2 nitrogen and oxygen atoms in total. The lowest BCUT2D eigenvalue weighted by Gasteiger charge is -2.30. The van der Waals surface area contributed by atoms with E-state index in [0.717, 1.165) is 13.2 Å². The van der Waals surface area contributed by atoms with E-state index in [-0.39, 0.29) is 0 Å². The summed E-state index contributed by atoms with van der Waals surface area (Å²) in [6.45, 7) is 10.6. The summed E-state index contributed by atoms with van der Waals surface area (Å²) in [7, 11) is -2.00. The zero-order valence-electron chi connectivity index (χ0n) is 27.2. The highest BCUT2D eigenvalue weighted by molar-refractivity contribution is 6.67. The topological polar surface area (TPSA) is 18.5 Å². The quantitative estimate of drug-likeness (QED) is 0.0593. The van der Waals surface area contributed by atoms with Crippen LogP contribution in [0.25, 0.3) is 0 Å². The first-order valence-corrected chi connectivity index (χ1v) is 20.3. The number of hydrogen-bond donors (Lipinski definition) is 0. The van der Waals surface area contributed by atoms with Crippen LogP contribution in [0.2, 0.25) is 12.1 Å². The van der Waals surface area contributed by atoms with Crippen molar-refractivity contribution >= 4 is 8.56 Å². The summed E-state index contributed by atoms with van der Waals surface area (Å²) in [5, 5.41) is 0. The van der Waals surface area contributed by atoms with Crippen LogP contribution in [-0.4, -0.2) is 21.8 Å². The number of rotatable bonds is 33. The summed E-state index contributed by atoms with van der Waals surface area (Å²) < 4.78 is 12.8. The third-order valence-electron chi connectivity index (χ3n) is 8.39. The third kappa shape index (κ3) is 26.4. The predicted octanol–water partition coefficient (Wildman–Crippen LogP) is 13.1. The molecule has 0 unspecified atom stereocenters. The van der Waals surface area contributed by atoms with Gasteiger partial charge < -0.3 is 8.85 Å². The molecular formula is C35H74O2Si. The van der Waals surface area contributed by atoms with Crippen molar-refractivity contribution in [3.8, 4) is 0 Å². The van der Waals surface area contributed by atoms with Gasteiger partial charge in [0.05, 0.1) is 0 Å². The average Bonchev–Trinajstić information content (AvgIpc) is 2.92. The minimum absolute atomic E-state index is 0.823. The fraction of sp³-hybridized carbons (Fsp3) is 1.00. The number of hydrogen-bond acceptors (Lipinski definition) is 2. The summed E-state index contributed by atoms with van der Waals surface area (Å²) >= 11 is 0. The maximum Gasteiger partial charge on any atom is 0.338 e. The molecule has 0 N–H and O–H groups in total. The fourth-order valence-electron chi connectivity index (χ4n) is 5.98. The Morgan fingerprint density at radius 3 is 0.711 bits per heavy atom. The van der Waals surface area contributed by atoms with Crippen molar-refractivity contribution in [1.29, 1.82) is 0 Å². The van der Waals surface area contributed by atoms with Gasteiger partial charge in [-0.3, -0.25) is 0 Å². The molecule has 0 aromatic heterocycles. The maximum absolute atomic E-state index is 6.41. The van der Waals surface area contributed by atoms with Crippen LogP contribution in [0.15, 0.2) is 0 Å². The van der Waals surface area contributed by atoms with Gasteiger partial charge in [0.15, 0.2) is 0 Å². The zero-order valence-corrected chi connectivity index (χ0v) is 28.2. The Kier molecular flexibility index (Phi) is 31.8. The Hall–Kier alpha value is 0.137. The largest absolute Gasteiger partial charge is 0.394 e. The fourth-order valence-corrected chi connectivity index (χ4v) is 9.52. The van der Waals surface area contributed by atoms with Crippen LogP contribution < -0.4 is 0 Å². The van der Waals surface area contributed by atoms with E-state index in [1.165, 1.54) is 185 Å². The molecule has 0 rings (SSSR count). The van der Waals surface area contributed by atoms with E-state index >= 15 is 0 Å². The summed E-state index contributed by atoms with van der Waals surface area (Å²) in [6.07, 6.45) is 38.4. The second-order valence-electron chi connectivity index (χ2n) is 12.1. The van der Waals surface area contributed by atoms with Crippen molar-refractivity contribution in [2.75, 3.05) is 13.2 Å². The molecular weight excluding hydrogens is 480 g/mol. The highest BCUT2D eigenvalue weighted by atomic mass is 28.4. The molecule has 0 amide bonds. The van der Waals surface area contributed by atoms with Gasteiger partial charge >= 0.3 is 8.56 Å². The standard InChI is InChI=1S/C35H74O2Si/c1-5-9-11-13-15-17-19-21-23-25-27-29-31-33-35-38(36-7-3,37-8-4)34-32-30-28-26-24-22-20-18-16-14-12-10-6-2/h5-35H2,1-4H3. The monoisotopic (exact) mass is 555 g/mol. The molecule has 0 aromatic rings. The van der Waals surface area contributed by atoms with E-state index in [4.69, 9.17) is 8.85 Å². The van der Waals surface area contributed by atoms with Gasteiger partial charge in [0.2, 0.25) is 0 Å². The third-order valence-corrected chi connectivity index (χ3v) is 12.2. The molecule has 0 aliphatic carbocycles. The second-order valence-corrected chi connectivity index (χ2v) is 15.5. The minimum atomic E-state index is -2.00. The number of unbranched alkanes of at least 4 members (excludes halogenated alkanes) is 25. The van der Waals surface area contributed by atoms with Crippen LogP contribution in [0, 0.1) is 0 Å². The highest BCUT2D eigenvalue weighted by Gasteiger charge is 2.35. The second kappa shape index (κ2) is 31.7. The first-order chi connectivity index (χ1) is 18.7. The maximum atomic E-state index is 6.41. The lowest BCUT2D eigenvalue weighted by molar-refractivity contribution is 0.180. The smallest absolute Gasteiger partial charge is 0.338 e. The molecule has 0 aromatic carbocycles. The van der Waals surface area contributed by atoms with E-state index in [0.29, 0.717) is 0 Å². The Bertz CT molecular complexity index is 422. The van der Waals surface area contributed by atoms with E-state index < -0.39 is 8.56 Å². The van der Waals surface area contributed by atoms with E-state index in [1.807, 2.05) is 0 Å². The minimum Gasteiger partial charge on any atom is -0.394 e. The van der Waals surface area contributed by atoms with Crippen molar-refractivity contribution < 1.29 is 8.85 Å². The van der Waals surface area contributed by atoms with Gasteiger partial charge in [0, 0.05) is 13.2 Å². The molecule has 3 heteroatoms. The Morgan fingerprint density at radius 2 is 0.500 bits per heavy atom. The molecule has 230 valence electrons. The molecule has 0 radical (unpaired) electrons. The van der Waals surface area contributed by atoms with Crippen molar-refractivity contribution in [2.24, 2.45) is 0 Å². The van der Waals surface area contributed by atoms with E-state index in [1.54, 1.807) is 0 Å². The van der Waals surface area contributed by atoms with Crippen LogP contribution >= 0.6 is 0 Å². The van der Waals surface area contributed by atoms with Crippen molar-refractivity contribution in [1.82, 2.24) is 0 Å². The summed E-state index contributed by atoms with van der Waals surface area (Å²) in [5.74, 6) is 0. The SMILES string of the molecule is CCCCCCCCCCCCCCCC[Si](CCCCCCCCCCCCCCC)(OCC)OCC. The van der Waals surface area contributed by atoms with Crippen LogP contribution in [0.3, 0.4) is 0 Å². The van der Waals surface area contributed by atoms with Crippen LogP contribution in [-0.2, 0) is 8.85 Å². The molecule has 0 heterocycles. The molecule has 0 spiro atoms. The summed E-state index contributed by atoms with van der Waals surface area (Å²) in [5.41, 5.74) is 0. The van der Waals surface area contributed by atoms with Gasteiger partial charge in [-0.15, -0.1) is 0 Å². The Labute approximate surface area is 243 Å². The van der Waals surface area contributed by atoms with Gasteiger partial charge in [0.25, 0.3) is 0 Å². The predicted molar refractivity (Wildman–Crippen MR) is 175 cm³/mol. The molecule has 0 atom stereocenters. The molecule has 0 aliphatic rings. The van der Waals surface area contributed by atoms with Crippen LogP contribution in [0.4, 0.5) is 0 Å². The molecule has 0 saturated heterocycles. The molecule has 0 fully saturated rings. The summed E-state index contributed by atoms with van der Waals surface area (Å²) in [6, 6.07) is 2.43. The van der Waals surface area contributed by atoms with Gasteiger partial charge in [-0.2, -0.15) is 0 Å². The molecule has 0 saturated carbocycles. The average molecular weight is 555 g/mol. The molecule has 0 aliphatic heterocycles. The Balaban J connectivity index is 3.79. The highest BCUT2D eigenvalue weighted by Crippen LogP contribution is 2.26. The van der Waals surface area contributed by atoms with E-state index in [9.17, 15) is 0 Å². The van der Waals surface area contributed by atoms with Gasteiger partial charge in [-0.05, 0) is 25.9 Å². The van der Waals surface area contributed by atoms with Crippen LogP contribution in [0.1, 0.15) is 201 Å². The Morgan fingerprint density at radius 1 is 0.289 bits per heavy atom. The molecule has 0 bridgehead atoms. The van der Waals surface area contributed by atoms with Crippen molar-refractivity contribution in [3.05, 3.63) is 0 Å². The zero-order chi connectivity index (χ0) is 27.8. The van der Waals surface area contributed by atoms with Gasteiger partial charge in [0.1, 0.15) is 0 Å². The van der Waals surface area contributed by atoms with Crippen LogP contribution in [0.5, 0.6) is 0 Å². The first-order valence-electron chi connectivity index (χ1n) is 18.0. The lowest BCUT2D eigenvalue weighted by Crippen LogP contribution is -2.42. The van der Waals surface area contributed by atoms with Gasteiger partial charge in [-0.25, -0.2) is 0 Å². The van der Waals surface area contributed by atoms with Crippen molar-refractivity contribution in [3.63, 3.8) is 0 Å². The first kappa shape index (κ1) is 38.1. The van der Waals surface area contributed by atoms with Gasteiger partial charge in [-0.1, -0.05) is 187 Å². The molecule has 38 heavy (non-hydrogen) atoms. The normalized spacial score (nSPS) is 12.0.